The van der Waals surface area contributed by atoms with Crippen molar-refractivity contribution in [1.82, 2.24) is 10.1 Å². The van der Waals surface area contributed by atoms with Gasteiger partial charge in [0.1, 0.15) is 11.6 Å². The number of hydrogen-bond acceptors (Lipinski definition) is 5. The second-order valence-corrected chi connectivity index (χ2v) is 3.77. The number of nitrogens with two attached hydrogens (primary N) is 1. The molecule has 0 bridgehead atoms. The average Bonchev–Trinajstić information content (AvgIpc) is 2.67. The predicted octanol–water partition coefficient (Wildman–Crippen LogP) is 1.87. The van der Waals surface area contributed by atoms with Gasteiger partial charge in [0.05, 0.1) is 10.6 Å². The lowest BCUT2D eigenvalue weighted by Gasteiger charge is -2.03. The molecule has 0 saturated heterocycles. The minimum Gasteiger partial charge on any atom is -0.384 e. The fraction of sp³-hybridized carbons (Fsp3) is 0.100. The van der Waals surface area contributed by atoms with Crippen LogP contribution in [0.25, 0.3) is 0 Å². The Morgan fingerprint density at radius 3 is 2.94 bits per heavy atom. The van der Waals surface area contributed by atoms with Crippen molar-refractivity contribution in [3.8, 4) is 0 Å². The third-order valence-electron chi connectivity index (χ3n) is 1.99. The molecule has 7 heteroatoms. The summed E-state index contributed by atoms with van der Waals surface area (Å²) in [7, 11) is 0. The van der Waals surface area contributed by atoms with Gasteiger partial charge in [-0.3, -0.25) is 4.79 Å². The van der Waals surface area contributed by atoms with Crippen molar-refractivity contribution in [3.63, 3.8) is 0 Å². The first-order valence-corrected chi connectivity index (χ1v) is 5.10. The number of nitrogens with zero attached hydrogens (tertiary/aromatic N) is 2. The highest BCUT2D eigenvalue weighted by Gasteiger charge is 2.13. The summed E-state index contributed by atoms with van der Waals surface area (Å²) in [6.07, 6.45) is 1.32. The van der Waals surface area contributed by atoms with E-state index in [1.165, 1.54) is 12.3 Å². The molecule has 2 aromatic rings. The highest BCUT2D eigenvalue weighted by atomic mass is 35.5. The highest BCUT2D eigenvalue weighted by Crippen LogP contribution is 2.18. The number of carbonyl (C=O) groups excluding carboxylic acids is 1. The summed E-state index contributed by atoms with van der Waals surface area (Å²) in [6.45, 7) is 1.72. The minimum absolute atomic E-state index is 0.218. The predicted molar refractivity (Wildman–Crippen MR) is 62.9 cm³/mol. The van der Waals surface area contributed by atoms with Gasteiger partial charge in [0.2, 0.25) is 0 Å². The van der Waals surface area contributed by atoms with Gasteiger partial charge in [-0.15, -0.1) is 0 Å². The second-order valence-electron chi connectivity index (χ2n) is 3.37. The van der Waals surface area contributed by atoms with Crippen LogP contribution in [-0.4, -0.2) is 16.0 Å². The van der Waals surface area contributed by atoms with Crippen molar-refractivity contribution >= 4 is 29.1 Å². The summed E-state index contributed by atoms with van der Waals surface area (Å²) in [5.41, 5.74) is 5.71. The first-order valence-electron chi connectivity index (χ1n) is 4.72. The molecule has 2 rings (SSSR count). The number of anilines is 2. The van der Waals surface area contributed by atoms with Crippen LogP contribution < -0.4 is 11.1 Å². The van der Waals surface area contributed by atoms with Crippen molar-refractivity contribution < 1.29 is 9.32 Å². The van der Waals surface area contributed by atoms with Crippen LogP contribution in [0.4, 0.5) is 11.6 Å². The Morgan fingerprint density at radius 2 is 2.29 bits per heavy atom. The van der Waals surface area contributed by atoms with Crippen LogP contribution >= 0.6 is 11.6 Å². The normalized spacial score (nSPS) is 10.2. The molecule has 0 fully saturated rings. The molecule has 2 heterocycles. The van der Waals surface area contributed by atoms with Gasteiger partial charge in [0.15, 0.2) is 5.82 Å². The van der Waals surface area contributed by atoms with Crippen LogP contribution in [0, 0.1) is 6.92 Å². The molecule has 2 aromatic heterocycles. The number of amides is 1. The topological polar surface area (TPSA) is 94.0 Å². The van der Waals surface area contributed by atoms with E-state index in [1.54, 1.807) is 13.0 Å². The van der Waals surface area contributed by atoms with E-state index >= 15 is 0 Å². The Hall–Kier alpha value is -2.08. The SMILES string of the molecule is Cc1cc(NC(=O)c2cc(N)ncc2Cl)no1. The molecule has 0 unspecified atom stereocenters. The molecule has 0 aromatic carbocycles. The zero-order valence-corrected chi connectivity index (χ0v) is 9.65. The third-order valence-corrected chi connectivity index (χ3v) is 2.29. The number of carbonyl (C=O) groups is 1. The second kappa shape index (κ2) is 4.42. The molecule has 0 atom stereocenters. The van der Waals surface area contributed by atoms with Gasteiger partial charge in [-0.1, -0.05) is 16.8 Å². The fourth-order valence-electron chi connectivity index (χ4n) is 1.24. The fourth-order valence-corrected chi connectivity index (χ4v) is 1.43. The molecule has 1 amide bonds. The Kier molecular flexibility index (Phi) is 2.97. The molecule has 0 aliphatic rings. The van der Waals surface area contributed by atoms with E-state index in [2.05, 4.69) is 15.5 Å². The van der Waals surface area contributed by atoms with Crippen molar-refractivity contribution in [1.29, 1.82) is 0 Å². The van der Waals surface area contributed by atoms with Crippen molar-refractivity contribution in [3.05, 3.63) is 34.7 Å². The monoisotopic (exact) mass is 252 g/mol. The van der Waals surface area contributed by atoms with Gasteiger partial charge in [0.25, 0.3) is 5.91 Å². The summed E-state index contributed by atoms with van der Waals surface area (Å²) in [6, 6.07) is 2.99. The zero-order valence-electron chi connectivity index (χ0n) is 8.90. The van der Waals surface area contributed by atoms with Crippen molar-refractivity contribution in [2.75, 3.05) is 11.1 Å². The summed E-state index contributed by atoms with van der Waals surface area (Å²) in [5.74, 6) is 0.716. The van der Waals surface area contributed by atoms with E-state index in [0.717, 1.165) is 0 Å². The Labute approximate surface area is 102 Å². The maximum absolute atomic E-state index is 11.8. The molecule has 3 N–H and O–H groups in total. The molecule has 0 aliphatic carbocycles. The lowest BCUT2D eigenvalue weighted by atomic mass is 10.2. The van der Waals surface area contributed by atoms with Crippen LogP contribution in [0.5, 0.6) is 0 Å². The smallest absolute Gasteiger partial charge is 0.258 e. The quantitative estimate of drug-likeness (QED) is 0.851. The highest BCUT2D eigenvalue weighted by molar-refractivity contribution is 6.34. The van der Waals surface area contributed by atoms with E-state index in [0.29, 0.717) is 11.6 Å². The van der Waals surface area contributed by atoms with Crippen LogP contribution in [0.3, 0.4) is 0 Å². The molecule has 88 valence electrons. The van der Waals surface area contributed by atoms with Crippen LogP contribution in [-0.2, 0) is 0 Å². The number of hydrogen-bond donors (Lipinski definition) is 2. The Morgan fingerprint density at radius 1 is 1.53 bits per heavy atom. The largest absolute Gasteiger partial charge is 0.384 e. The maximum Gasteiger partial charge on any atom is 0.258 e. The number of aryl methyl sites for hydroxylation is 1. The number of nitrogen functional groups attached to an aromatic ring is 1. The number of nitrogens with one attached hydrogen (secondary N) is 1. The van der Waals surface area contributed by atoms with Gasteiger partial charge in [-0.05, 0) is 13.0 Å². The van der Waals surface area contributed by atoms with E-state index in [4.69, 9.17) is 21.9 Å². The van der Waals surface area contributed by atoms with E-state index < -0.39 is 5.91 Å². The van der Waals surface area contributed by atoms with E-state index in [1.807, 2.05) is 0 Å². The van der Waals surface area contributed by atoms with Crippen LogP contribution in [0.1, 0.15) is 16.1 Å². The molecule has 0 spiro atoms. The van der Waals surface area contributed by atoms with Crippen LogP contribution in [0.15, 0.2) is 22.9 Å². The van der Waals surface area contributed by atoms with Gasteiger partial charge < -0.3 is 15.6 Å². The lowest BCUT2D eigenvalue weighted by Crippen LogP contribution is -2.13. The zero-order chi connectivity index (χ0) is 12.4. The number of aromatic nitrogens is 2. The number of pyridine rings is 1. The minimum atomic E-state index is -0.419. The standard InChI is InChI=1S/C10H9ClN4O2/c1-5-2-9(15-17-5)14-10(16)6-3-8(12)13-4-7(6)11/h2-4H,1H3,(H2,12,13)(H,14,15,16). The summed E-state index contributed by atoms with van der Waals surface area (Å²) in [4.78, 5) is 15.6. The lowest BCUT2D eigenvalue weighted by molar-refractivity contribution is 0.102. The first-order chi connectivity index (χ1) is 8.06. The van der Waals surface area contributed by atoms with Crippen molar-refractivity contribution in [2.24, 2.45) is 0 Å². The van der Waals surface area contributed by atoms with Gasteiger partial charge >= 0.3 is 0 Å². The summed E-state index contributed by atoms with van der Waals surface area (Å²) >= 11 is 5.84. The molecular formula is C10H9ClN4O2. The third kappa shape index (κ3) is 2.54. The molecule has 0 saturated carbocycles. The number of halogens is 1. The van der Waals surface area contributed by atoms with E-state index in [9.17, 15) is 4.79 Å². The van der Waals surface area contributed by atoms with Crippen molar-refractivity contribution in [2.45, 2.75) is 6.92 Å². The van der Waals surface area contributed by atoms with Gasteiger partial charge in [-0.25, -0.2) is 4.98 Å². The molecule has 0 radical (unpaired) electrons. The molecular weight excluding hydrogens is 244 g/mol. The van der Waals surface area contributed by atoms with E-state index in [-0.39, 0.29) is 16.4 Å². The Balaban J connectivity index is 2.22. The summed E-state index contributed by atoms with van der Waals surface area (Å²) < 4.78 is 4.82. The molecule has 17 heavy (non-hydrogen) atoms. The Bertz CT molecular complexity index is 567. The first kappa shape index (κ1) is 11.4. The maximum atomic E-state index is 11.8. The summed E-state index contributed by atoms with van der Waals surface area (Å²) in [5, 5.41) is 6.39. The number of rotatable bonds is 2. The molecule has 0 aliphatic heterocycles. The van der Waals surface area contributed by atoms with Gasteiger partial charge in [0, 0.05) is 12.3 Å². The average molecular weight is 253 g/mol. The van der Waals surface area contributed by atoms with Gasteiger partial charge in [-0.2, -0.15) is 0 Å². The molecule has 6 nitrogen and oxygen atoms in total. The van der Waals surface area contributed by atoms with Crippen LogP contribution in [0.2, 0.25) is 5.02 Å².